The number of ether oxygens (including phenoxy) is 1. The van der Waals surface area contributed by atoms with Crippen LogP contribution in [0.25, 0.3) is 0 Å². The van der Waals surface area contributed by atoms with Gasteiger partial charge in [-0.05, 0) is 105 Å². The summed E-state index contributed by atoms with van der Waals surface area (Å²) in [6.07, 6.45) is 11.2. The van der Waals surface area contributed by atoms with Gasteiger partial charge in [0.2, 0.25) is 0 Å². The van der Waals surface area contributed by atoms with E-state index in [1.807, 2.05) is 6.92 Å². The predicted molar refractivity (Wildman–Crippen MR) is 102 cm³/mol. The van der Waals surface area contributed by atoms with Crippen molar-refractivity contribution in [2.75, 3.05) is 0 Å². The van der Waals surface area contributed by atoms with E-state index in [2.05, 4.69) is 13.8 Å². The van der Waals surface area contributed by atoms with Gasteiger partial charge < -0.3 is 9.84 Å². The topological polar surface area (TPSA) is 46.5 Å². The Morgan fingerprint density at radius 3 is 2.38 bits per heavy atom. The fraction of sp³-hybridized carbons (Fsp3) is 0.957. The van der Waals surface area contributed by atoms with Crippen molar-refractivity contribution in [3.63, 3.8) is 0 Å². The number of hydrogen-bond donors (Lipinski definition) is 1. The minimum Gasteiger partial charge on any atom is -0.463 e. The lowest BCUT2D eigenvalue weighted by molar-refractivity contribution is -0.161. The molecule has 26 heavy (non-hydrogen) atoms. The minimum atomic E-state index is -0.160. The van der Waals surface area contributed by atoms with Gasteiger partial charge in [0.1, 0.15) is 6.10 Å². The van der Waals surface area contributed by atoms with E-state index in [9.17, 15) is 9.90 Å². The first-order valence-electron chi connectivity index (χ1n) is 11.1. The van der Waals surface area contributed by atoms with Crippen molar-refractivity contribution >= 4 is 5.97 Å². The summed E-state index contributed by atoms with van der Waals surface area (Å²) in [5.41, 5.74) is 0.789. The average molecular weight is 363 g/mol. The van der Waals surface area contributed by atoms with Crippen molar-refractivity contribution in [2.45, 2.75) is 97.7 Å². The summed E-state index contributed by atoms with van der Waals surface area (Å²) in [6.45, 7) is 8.61. The summed E-state index contributed by atoms with van der Waals surface area (Å²) in [5, 5.41) is 10.4. The Morgan fingerprint density at radius 2 is 1.69 bits per heavy atom. The molecular weight excluding hydrogens is 324 g/mol. The molecule has 0 aromatic carbocycles. The van der Waals surface area contributed by atoms with Crippen LogP contribution in [0.15, 0.2) is 0 Å². The fourth-order valence-electron chi connectivity index (χ4n) is 8.39. The Bertz CT molecular complexity index is 558. The molecule has 4 rings (SSSR count). The van der Waals surface area contributed by atoms with Crippen molar-refractivity contribution in [3.8, 4) is 0 Å². The summed E-state index contributed by atoms with van der Waals surface area (Å²) < 4.78 is 5.58. The molecule has 0 saturated heterocycles. The lowest BCUT2D eigenvalue weighted by Gasteiger charge is -2.61. The minimum absolute atomic E-state index is 0.115. The SMILES string of the molecule is CC(=O)O[C@@H]1CC[C@@]2(C)C(CC[C@H]3[C@@H]4CC[C@H]([C@@H](C)O)[C@@]4(C)CC[C@@H]32)C1. The molecule has 4 saturated carbocycles. The Balaban J connectivity index is 1.53. The molecule has 9 atom stereocenters. The zero-order valence-corrected chi connectivity index (χ0v) is 17.2. The Labute approximate surface area is 159 Å². The van der Waals surface area contributed by atoms with Crippen LogP contribution in [-0.4, -0.2) is 23.3 Å². The van der Waals surface area contributed by atoms with Crippen molar-refractivity contribution < 1.29 is 14.6 Å². The second-order valence-corrected chi connectivity index (χ2v) is 10.6. The van der Waals surface area contributed by atoms with Crippen LogP contribution < -0.4 is 0 Å². The molecule has 148 valence electrons. The normalized spacial score (nSPS) is 51.7. The zero-order chi connectivity index (χ0) is 18.7. The van der Waals surface area contributed by atoms with Crippen LogP contribution in [0.3, 0.4) is 0 Å². The maximum Gasteiger partial charge on any atom is 0.302 e. The number of hydrogen-bond acceptors (Lipinski definition) is 3. The molecule has 4 aliphatic rings. The quantitative estimate of drug-likeness (QED) is 0.706. The van der Waals surface area contributed by atoms with Gasteiger partial charge in [-0.1, -0.05) is 13.8 Å². The second-order valence-electron chi connectivity index (χ2n) is 10.6. The first kappa shape index (κ1) is 18.8. The molecule has 0 radical (unpaired) electrons. The van der Waals surface area contributed by atoms with E-state index in [0.717, 1.165) is 36.5 Å². The molecule has 1 N–H and O–H groups in total. The Hall–Kier alpha value is -0.570. The van der Waals surface area contributed by atoms with Crippen molar-refractivity contribution in [3.05, 3.63) is 0 Å². The molecule has 0 amide bonds. The van der Waals surface area contributed by atoms with E-state index >= 15 is 0 Å². The highest BCUT2D eigenvalue weighted by Gasteiger charge is 2.60. The number of aliphatic hydroxyl groups is 1. The number of rotatable bonds is 2. The van der Waals surface area contributed by atoms with Crippen molar-refractivity contribution in [1.29, 1.82) is 0 Å². The monoisotopic (exact) mass is 362 g/mol. The summed E-state index contributed by atoms with van der Waals surface area (Å²) in [6, 6.07) is 0. The van der Waals surface area contributed by atoms with Crippen LogP contribution in [0.1, 0.15) is 85.5 Å². The summed E-state index contributed by atoms with van der Waals surface area (Å²) >= 11 is 0. The molecule has 0 aliphatic heterocycles. The highest BCUT2D eigenvalue weighted by Crippen LogP contribution is 2.67. The van der Waals surface area contributed by atoms with Crippen LogP contribution in [-0.2, 0) is 9.53 Å². The van der Waals surface area contributed by atoms with Gasteiger partial charge in [-0.2, -0.15) is 0 Å². The molecule has 4 aliphatic carbocycles. The highest BCUT2D eigenvalue weighted by molar-refractivity contribution is 5.66. The Kier molecular flexibility index (Phi) is 4.69. The first-order valence-corrected chi connectivity index (χ1v) is 11.1. The van der Waals surface area contributed by atoms with Gasteiger partial charge in [0.05, 0.1) is 6.10 Å². The molecule has 3 heteroatoms. The molecular formula is C23H38O3. The zero-order valence-electron chi connectivity index (χ0n) is 17.2. The maximum atomic E-state index is 11.4. The molecule has 0 aromatic heterocycles. The predicted octanol–water partition coefficient (Wildman–Crippen LogP) is 4.96. The highest BCUT2D eigenvalue weighted by atomic mass is 16.5. The largest absolute Gasteiger partial charge is 0.463 e. The van der Waals surface area contributed by atoms with Crippen LogP contribution >= 0.6 is 0 Å². The fourth-order valence-corrected chi connectivity index (χ4v) is 8.39. The molecule has 4 fully saturated rings. The molecule has 0 heterocycles. The van der Waals surface area contributed by atoms with Gasteiger partial charge >= 0.3 is 5.97 Å². The van der Waals surface area contributed by atoms with Crippen LogP contribution in [0.2, 0.25) is 0 Å². The third-order valence-corrected chi connectivity index (χ3v) is 9.61. The molecule has 1 unspecified atom stereocenters. The van der Waals surface area contributed by atoms with Crippen molar-refractivity contribution in [1.82, 2.24) is 0 Å². The van der Waals surface area contributed by atoms with E-state index in [1.54, 1.807) is 6.92 Å². The second kappa shape index (κ2) is 6.50. The maximum absolute atomic E-state index is 11.4. The molecule has 3 nitrogen and oxygen atoms in total. The first-order chi connectivity index (χ1) is 12.3. The molecule has 0 bridgehead atoms. The summed E-state index contributed by atoms with van der Waals surface area (Å²) in [5.74, 6) is 3.61. The molecule has 0 aromatic rings. The van der Waals surface area contributed by atoms with E-state index in [4.69, 9.17) is 4.74 Å². The number of carbonyl (C=O) groups is 1. The Morgan fingerprint density at radius 1 is 1.00 bits per heavy atom. The van der Waals surface area contributed by atoms with E-state index < -0.39 is 0 Å². The van der Waals surface area contributed by atoms with E-state index in [-0.39, 0.29) is 18.2 Å². The third kappa shape index (κ3) is 2.75. The number of aliphatic hydroxyl groups excluding tert-OH is 1. The van der Waals surface area contributed by atoms with Crippen molar-refractivity contribution in [2.24, 2.45) is 40.4 Å². The van der Waals surface area contributed by atoms with Gasteiger partial charge in [0, 0.05) is 6.92 Å². The third-order valence-electron chi connectivity index (χ3n) is 9.61. The number of fused-ring (bicyclic) bond motifs is 5. The standard InChI is InChI=1S/C23H38O3/c1-14(24)19-7-8-20-18-6-5-16-13-17(26-15(2)25)9-11-22(16,3)21(18)10-12-23(19,20)4/h14,16-21,24H,5-13H2,1-4H3/t14-,16?,17-,18+,19-,20+,21+,22+,23-/m1/s1. The van der Waals surface area contributed by atoms with Gasteiger partial charge in [-0.15, -0.1) is 0 Å². The lowest BCUT2D eigenvalue weighted by atomic mass is 9.44. The smallest absolute Gasteiger partial charge is 0.302 e. The summed E-state index contributed by atoms with van der Waals surface area (Å²) in [4.78, 5) is 11.4. The van der Waals surface area contributed by atoms with Gasteiger partial charge in [-0.3, -0.25) is 4.79 Å². The van der Waals surface area contributed by atoms with Crippen LogP contribution in [0.5, 0.6) is 0 Å². The van der Waals surface area contributed by atoms with Gasteiger partial charge in [0.15, 0.2) is 0 Å². The number of esters is 1. The lowest BCUT2D eigenvalue weighted by Crippen LogP contribution is -2.54. The van der Waals surface area contributed by atoms with E-state index in [1.165, 1.54) is 44.9 Å². The number of carbonyl (C=O) groups excluding carboxylic acids is 1. The van der Waals surface area contributed by atoms with Gasteiger partial charge in [-0.25, -0.2) is 0 Å². The van der Waals surface area contributed by atoms with E-state index in [0.29, 0.717) is 16.7 Å². The van der Waals surface area contributed by atoms with Crippen LogP contribution in [0.4, 0.5) is 0 Å². The summed E-state index contributed by atoms with van der Waals surface area (Å²) in [7, 11) is 0. The average Bonchev–Trinajstić information content (AvgIpc) is 2.92. The van der Waals surface area contributed by atoms with Crippen LogP contribution in [0, 0.1) is 40.4 Å². The van der Waals surface area contributed by atoms with Gasteiger partial charge in [0.25, 0.3) is 0 Å². The molecule has 0 spiro atoms.